The number of aromatic nitrogens is 2. The molecule has 3 heterocycles. The maximum absolute atomic E-state index is 12.8. The van der Waals surface area contributed by atoms with Crippen LogP contribution in [-0.2, 0) is 13.0 Å². The highest BCUT2D eigenvalue weighted by Gasteiger charge is 2.29. The van der Waals surface area contributed by atoms with Crippen LogP contribution in [0.1, 0.15) is 34.6 Å². The number of fused-ring (bicyclic) bond motifs is 1. The fourth-order valence-electron chi connectivity index (χ4n) is 3.42. The molecule has 1 amide bonds. The van der Waals surface area contributed by atoms with Gasteiger partial charge in [0.1, 0.15) is 11.9 Å². The molecule has 0 unspecified atom stereocenters. The van der Waals surface area contributed by atoms with Gasteiger partial charge in [0, 0.05) is 56.7 Å². The number of ether oxygens (including phenoxy) is 1. The Balaban J connectivity index is 0.00000182. The van der Waals surface area contributed by atoms with Crippen LogP contribution >= 0.6 is 12.4 Å². The number of carbonyl (C=O) groups is 1. The summed E-state index contributed by atoms with van der Waals surface area (Å²) >= 11 is 0. The minimum Gasteiger partial charge on any atom is -0.490 e. The second-order valence-electron chi connectivity index (χ2n) is 6.38. The number of piperidine rings is 1. The van der Waals surface area contributed by atoms with Gasteiger partial charge in [0.15, 0.2) is 5.69 Å². The van der Waals surface area contributed by atoms with Crippen LogP contribution in [0.4, 0.5) is 0 Å². The highest BCUT2D eigenvalue weighted by atomic mass is 35.5. The number of carbonyl (C=O) groups excluding carboxylic acids is 1. The molecule has 1 aromatic carbocycles. The van der Waals surface area contributed by atoms with Crippen LogP contribution in [0.25, 0.3) is 0 Å². The van der Waals surface area contributed by atoms with Crippen LogP contribution in [0, 0.1) is 0 Å². The monoisotopic (exact) mass is 362 g/mol. The number of hydrogen-bond donors (Lipinski definition) is 2. The molecule has 2 aliphatic rings. The van der Waals surface area contributed by atoms with Crippen molar-refractivity contribution in [3.8, 4) is 5.75 Å². The van der Waals surface area contributed by atoms with Gasteiger partial charge in [0.2, 0.25) is 0 Å². The fraction of sp³-hybridized carbons (Fsp3) is 0.444. The van der Waals surface area contributed by atoms with E-state index in [-0.39, 0.29) is 24.4 Å². The zero-order valence-corrected chi connectivity index (χ0v) is 14.8. The van der Waals surface area contributed by atoms with E-state index < -0.39 is 0 Å². The predicted molar refractivity (Wildman–Crippen MR) is 97.2 cm³/mol. The van der Waals surface area contributed by atoms with Gasteiger partial charge in [0.25, 0.3) is 5.91 Å². The van der Waals surface area contributed by atoms with E-state index in [0.29, 0.717) is 18.8 Å². The van der Waals surface area contributed by atoms with Gasteiger partial charge in [-0.15, -0.1) is 12.4 Å². The van der Waals surface area contributed by atoms with E-state index in [1.165, 1.54) is 0 Å². The number of nitrogens with one attached hydrogen (secondary N) is 2. The number of benzene rings is 1. The largest absolute Gasteiger partial charge is 0.490 e. The van der Waals surface area contributed by atoms with Gasteiger partial charge in [-0.2, -0.15) is 5.10 Å². The Morgan fingerprint density at radius 3 is 2.72 bits per heavy atom. The van der Waals surface area contributed by atoms with E-state index in [9.17, 15) is 4.79 Å². The number of amides is 1. The van der Waals surface area contributed by atoms with Gasteiger partial charge >= 0.3 is 0 Å². The third-order valence-electron chi connectivity index (χ3n) is 4.78. The molecule has 4 rings (SSSR count). The number of H-pyrrole nitrogens is 1. The Hall–Kier alpha value is -2.05. The molecule has 2 aliphatic heterocycles. The van der Waals surface area contributed by atoms with Crippen LogP contribution in [-0.4, -0.2) is 46.7 Å². The predicted octanol–water partition coefficient (Wildman–Crippen LogP) is 2.16. The molecular weight excluding hydrogens is 340 g/mol. The smallest absolute Gasteiger partial charge is 0.274 e. The van der Waals surface area contributed by atoms with Gasteiger partial charge in [-0.25, -0.2) is 0 Å². The third kappa shape index (κ3) is 3.80. The van der Waals surface area contributed by atoms with Crippen LogP contribution in [0.5, 0.6) is 5.75 Å². The molecule has 0 atom stereocenters. The van der Waals surface area contributed by atoms with Gasteiger partial charge < -0.3 is 15.0 Å². The van der Waals surface area contributed by atoms with Crippen molar-refractivity contribution in [2.24, 2.45) is 0 Å². The van der Waals surface area contributed by atoms with Crippen molar-refractivity contribution in [2.75, 3.05) is 19.6 Å². The first-order valence-corrected chi connectivity index (χ1v) is 8.59. The summed E-state index contributed by atoms with van der Waals surface area (Å²) in [6, 6.07) is 9.88. The summed E-state index contributed by atoms with van der Waals surface area (Å²) in [5, 5.41) is 10.6. The molecule has 0 saturated carbocycles. The Morgan fingerprint density at radius 1 is 1.20 bits per heavy atom. The Bertz CT molecular complexity index is 711. The lowest BCUT2D eigenvalue weighted by Crippen LogP contribution is -2.42. The van der Waals surface area contributed by atoms with Gasteiger partial charge in [-0.05, 0) is 12.1 Å². The van der Waals surface area contributed by atoms with Crippen molar-refractivity contribution in [1.29, 1.82) is 0 Å². The fourth-order valence-corrected chi connectivity index (χ4v) is 3.42. The summed E-state index contributed by atoms with van der Waals surface area (Å²) in [5.41, 5.74) is 2.72. The van der Waals surface area contributed by atoms with E-state index in [2.05, 4.69) is 15.5 Å². The summed E-state index contributed by atoms with van der Waals surface area (Å²) in [6.07, 6.45) is 2.78. The van der Waals surface area contributed by atoms with Crippen molar-refractivity contribution in [2.45, 2.75) is 31.9 Å². The summed E-state index contributed by atoms with van der Waals surface area (Å²) in [7, 11) is 0. The topological polar surface area (TPSA) is 70.2 Å². The van der Waals surface area contributed by atoms with E-state index in [1.54, 1.807) is 0 Å². The molecule has 0 aliphatic carbocycles. The van der Waals surface area contributed by atoms with Gasteiger partial charge in [-0.1, -0.05) is 18.2 Å². The lowest BCUT2D eigenvalue weighted by Gasteiger charge is -2.32. The quantitative estimate of drug-likeness (QED) is 0.877. The number of para-hydroxylation sites is 1. The second kappa shape index (κ2) is 7.89. The Morgan fingerprint density at radius 2 is 1.96 bits per heavy atom. The molecule has 2 N–H and O–H groups in total. The van der Waals surface area contributed by atoms with E-state index in [4.69, 9.17) is 4.74 Å². The SMILES string of the molecule is Cl.O=C(c1n[nH]c2c1CNCC2)N1CCC(Oc2ccccc2)CC1. The average Bonchev–Trinajstić information content (AvgIpc) is 3.07. The summed E-state index contributed by atoms with van der Waals surface area (Å²) in [4.78, 5) is 14.7. The molecule has 1 saturated heterocycles. The van der Waals surface area contributed by atoms with Crippen LogP contribution in [0.15, 0.2) is 30.3 Å². The molecule has 134 valence electrons. The first-order valence-electron chi connectivity index (χ1n) is 8.59. The number of hydrogen-bond acceptors (Lipinski definition) is 4. The molecule has 0 spiro atoms. The summed E-state index contributed by atoms with van der Waals surface area (Å²) in [5.74, 6) is 0.934. The lowest BCUT2D eigenvalue weighted by molar-refractivity contribution is 0.0589. The molecule has 25 heavy (non-hydrogen) atoms. The Labute approximate surface area is 153 Å². The van der Waals surface area contributed by atoms with Crippen LogP contribution in [0.3, 0.4) is 0 Å². The molecule has 1 fully saturated rings. The number of likely N-dealkylation sites (tertiary alicyclic amines) is 1. The van der Waals surface area contributed by atoms with Crippen molar-refractivity contribution >= 4 is 18.3 Å². The normalized spacial score (nSPS) is 17.5. The minimum absolute atomic E-state index is 0. The zero-order valence-electron chi connectivity index (χ0n) is 14.0. The highest BCUT2D eigenvalue weighted by molar-refractivity contribution is 5.94. The standard InChI is InChI=1S/C18H22N4O2.ClH/c23-18(17-15-12-19-9-6-16(15)20-21-17)22-10-7-14(8-11-22)24-13-4-2-1-3-5-13;/h1-5,14,19H,6-12H2,(H,20,21);1H. The molecular formula is C18H23ClN4O2. The highest BCUT2D eigenvalue weighted by Crippen LogP contribution is 2.22. The number of nitrogens with zero attached hydrogens (tertiary/aromatic N) is 2. The zero-order chi connectivity index (χ0) is 16.4. The van der Waals surface area contributed by atoms with Crippen molar-refractivity contribution in [3.05, 3.63) is 47.3 Å². The maximum atomic E-state index is 12.8. The second-order valence-corrected chi connectivity index (χ2v) is 6.38. The van der Waals surface area contributed by atoms with Crippen molar-refractivity contribution < 1.29 is 9.53 Å². The summed E-state index contributed by atoms with van der Waals surface area (Å²) < 4.78 is 5.99. The van der Waals surface area contributed by atoms with E-state index in [0.717, 1.165) is 49.4 Å². The van der Waals surface area contributed by atoms with E-state index in [1.807, 2.05) is 35.2 Å². The average molecular weight is 363 g/mol. The molecule has 6 nitrogen and oxygen atoms in total. The number of rotatable bonds is 3. The molecule has 0 bridgehead atoms. The molecule has 0 radical (unpaired) electrons. The third-order valence-corrected chi connectivity index (χ3v) is 4.78. The molecule has 2 aromatic rings. The Kier molecular flexibility index (Phi) is 5.60. The number of halogens is 1. The van der Waals surface area contributed by atoms with Crippen LogP contribution < -0.4 is 10.1 Å². The molecule has 7 heteroatoms. The molecule has 1 aromatic heterocycles. The first-order chi connectivity index (χ1) is 11.8. The van der Waals surface area contributed by atoms with Gasteiger partial charge in [-0.3, -0.25) is 9.89 Å². The van der Waals surface area contributed by atoms with E-state index >= 15 is 0 Å². The van der Waals surface area contributed by atoms with Crippen molar-refractivity contribution in [1.82, 2.24) is 20.4 Å². The number of aromatic amines is 1. The maximum Gasteiger partial charge on any atom is 0.274 e. The first kappa shape index (κ1) is 17.8. The lowest BCUT2D eigenvalue weighted by atomic mass is 10.0. The summed E-state index contributed by atoms with van der Waals surface area (Å²) in [6.45, 7) is 3.09. The van der Waals surface area contributed by atoms with Crippen LogP contribution in [0.2, 0.25) is 0 Å². The van der Waals surface area contributed by atoms with Gasteiger partial charge in [0.05, 0.1) is 0 Å². The van der Waals surface area contributed by atoms with Crippen molar-refractivity contribution in [3.63, 3.8) is 0 Å². The minimum atomic E-state index is 0.